The molecule has 4 atom stereocenters. The van der Waals surface area contributed by atoms with E-state index in [1.807, 2.05) is 6.07 Å². The Labute approximate surface area is 105 Å². The van der Waals surface area contributed by atoms with Crippen molar-refractivity contribution < 1.29 is 22.1 Å². The summed E-state index contributed by atoms with van der Waals surface area (Å²) in [6.45, 7) is 4.84. The summed E-state index contributed by atoms with van der Waals surface area (Å²) in [6, 6.07) is 2.02. The number of nitrogens with zero attached hydrogens (tertiary/aromatic N) is 1. The number of hydrogen-bond acceptors (Lipinski definition) is 6. The molecular weight excluding hydrogens is 258 g/mol. The molecular formula is C11H13NO5S. The highest BCUT2D eigenvalue weighted by molar-refractivity contribution is 7.87. The molecule has 0 aromatic heterocycles. The zero-order valence-corrected chi connectivity index (χ0v) is 10.6. The molecule has 1 saturated heterocycles. The van der Waals surface area contributed by atoms with Gasteiger partial charge in [0.25, 0.3) is 0 Å². The summed E-state index contributed by atoms with van der Waals surface area (Å²) in [6.07, 6.45) is 0.185. The van der Waals surface area contributed by atoms with Crippen molar-refractivity contribution in [2.24, 2.45) is 11.8 Å². The van der Waals surface area contributed by atoms with E-state index in [0.29, 0.717) is 12.8 Å². The Kier molecular flexibility index (Phi) is 3.17. The van der Waals surface area contributed by atoms with Crippen LogP contribution in [0.3, 0.4) is 0 Å². The lowest BCUT2D eigenvalue weighted by molar-refractivity contribution is -0.143. The first kappa shape index (κ1) is 13.1. The maximum Gasteiger partial charge on any atom is 0.334 e. The van der Waals surface area contributed by atoms with Crippen LogP contribution in [-0.2, 0) is 23.8 Å². The number of nitriles is 1. The summed E-state index contributed by atoms with van der Waals surface area (Å²) in [4.78, 5) is 11.4. The summed E-state index contributed by atoms with van der Waals surface area (Å²) in [5.41, 5.74) is -1.20. The zero-order chi connectivity index (χ0) is 13.5. The third-order valence-corrected chi connectivity index (χ3v) is 4.77. The minimum Gasteiger partial charge on any atom is -0.440 e. The molecule has 1 heterocycles. The van der Waals surface area contributed by atoms with Crippen molar-refractivity contribution in [3.63, 3.8) is 0 Å². The first-order valence-electron chi connectivity index (χ1n) is 5.53. The van der Waals surface area contributed by atoms with Crippen LogP contribution in [0, 0.1) is 23.2 Å². The summed E-state index contributed by atoms with van der Waals surface area (Å²) < 4.78 is 33.5. The van der Waals surface area contributed by atoms with Gasteiger partial charge in [0.05, 0.1) is 18.1 Å². The molecule has 1 saturated carbocycles. The van der Waals surface area contributed by atoms with Gasteiger partial charge in [0.2, 0.25) is 5.44 Å². The first-order chi connectivity index (χ1) is 8.35. The van der Waals surface area contributed by atoms with Crippen molar-refractivity contribution in [3.8, 4) is 6.07 Å². The van der Waals surface area contributed by atoms with Crippen LogP contribution in [0.2, 0.25) is 0 Å². The molecule has 0 spiro atoms. The highest BCUT2D eigenvalue weighted by atomic mass is 32.2. The predicted molar refractivity (Wildman–Crippen MR) is 60.3 cm³/mol. The monoisotopic (exact) mass is 271 g/mol. The third kappa shape index (κ3) is 2.13. The first-order valence-corrected chi connectivity index (χ1v) is 7.00. The Bertz CT molecular complexity index is 532. The second kappa shape index (κ2) is 4.37. The topological polar surface area (TPSA) is 93.5 Å². The van der Waals surface area contributed by atoms with Crippen molar-refractivity contribution in [3.05, 3.63) is 12.2 Å². The molecule has 0 aromatic carbocycles. The lowest BCUT2D eigenvalue weighted by Crippen LogP contribution is -2.40. The lowest BCUT2D eigenvalue weighted by atomic mass is 10.1. The highest BCUT2D eigenvalue weighted by Crippen LogP contribution is 2.43. The van der Waals surface area contributed by atoms with Gasteiger partial charge in [-0.2, -0.15) is 13.7 Å². The number of rotatable bonds is 2. The summed E-state index contributed by atoms with van der Waals surface area (Å²) in [5.74, 6) is -1.59. The highest BCUT2D eigenvalue weighted by Gasteiger charge is 2.53. The molecule has 2 rings (SSSR count). The fourth-order valence-electron chi connectivity index (χ4n) is 2.33. The van der Waals surface area contributed by atoms with Gasteiger partial charge in [-0.1, -0.05) is 6.58 Å². The van der Waals surface area contributed by atoms with Gasteiger partial charge in [0, 0.05) is 11.5 Å². The van der Waals surface area contributed by atoms with Crippen molar-refractivity contribution in [2.75, 3.05) is 0 Å². The molecule has 6 nitrogen and oxygen atoms in total. The quantitative estimate of drug-likeness (QED) is 0.417. The van der Waals surface area contributed by atoms with Crippen LogP contribution in [0.25, 0.3) is 0 Å². The Morgan fingerprint density at radius 1 is 1.50 bits per heavy atom. The van der Waals surface area contributed by atoms with E-state index >= 15 is 0 Å². The Morgan fingerprint density at radius 3 is 2.72 bits per heavy atom. The van der Waals surface area contributed by atoms with E-state index in [1.54, 1.807) is 0 Å². The second-order valence-electron chi connectivity index (χ2n) is 4.65. The SMILES string of the molecule is C=C(C)C(=O)OC1C2CC(C#N)C(C2)OS1(=O)=O. The molecule has 7 heteroatoms. The zero-order valence-electron chi connectivity index (χ0n) is 9.83. The van der Waals surface area contributed by atoms with Crippen LogP contribution in [0.4, 0.5) is 0 Å². The van der Waals surface area contributed by atoms with Gasteiger partial charge in [0.15, 0.2) is 0 Å². The summed E-state index contributed by atoms with van der Waals surface area (Å²) in [5, 5.41) is 8.89. The van der Waals surface area contributed by atoms with Crippen molar-refractivity contribution in [1.82, 2.24) is 0 Å². The molecule has 0 aromatic rings. The van der Waals surface area contributed by atoms with Crippen molar-refractivity contribution >= 4 is 16.1 Å². The second-order valence-corrected chi connectivity index (χ2v) is 6.29. The Balaban J connectivity index is 2.23. The minimum atomic E-state index is -3.97. The minimum absolute atomic E-state index is 0.127. The maximum absolute atomic E-state index is 11.8. The fraction of sp³-hybridized carbons (Fsp3) is 0.636. The number of hydrogen-bond donors (Lipinski definition) is 0. The van der Waals surface area contributed by atoms with Crippen LogP contribution in [0.5, 0.6) is 0 Å². The normalized spacial score (nSPS) is 36.7. The molecule has 18 heavy (non-hydrogen) atoms. The number of carbonyl (C=O) groups is 1. The predicted octanol–water partition coefficient (Wildman–Crippen LogP) is 0.710. The largest absolute Gasteiger partial charge is 0.440 e. The summed E-state index contributed by atoms with van der Waals surface area (Å²) in [7, 11) is -3.97. The third-order valence-electron chi connectivity index (χ3n) is 3.21. The summed E-state index contributed by atoms with van der Waals surface area (Å²) >= 11 is 0. The van der Waals surface area contributed by atoms with Crippen molar-refractivity contribution in [1.29, 1.82) is 5.26 Å². The number of esters is 1. The van der Waals surface area contributed by atoms with E-state index in [2.05, 4.69) is 6.58 Å². The molecule has 98 valence electrons. The van der Waals surface area contributed by atoms with E-state index in [0.717, 1.165) is 0 Å². The average molecular weight is 271 g/mol. The van der Waals surface area contributed by atoms with Crippen LogP contribution < -0.4 is 0 Å². The van der Waals surface area contributed by atoms with Crippen molar-refractivity contribution in [2.45, 2.75) is 31.3 Å². The molecule has 2 fully saturated rings. The van der Waals surface area contributed by atoms with E-state index in [1.165, 1.54) is 6.92 Å². The van der Waals surface area contributed by atoms with Gasteiger partial charge in [-0.25, -0.2) is 4.79 Å². The van der Waals surface area contributed by atoms with Gasteiger partial charge < -0.3 is 4.74 Å². The Hall–Kier alpha value is -1.39. The Morgan fingerprint density at radius 2 is 2.17 bits per heavy atom. The molecule has 4 unspecified atom stereocenters. The van der Waals surface area contributed by atoms with Crippen LogP contribution in [0.15, 0.2) is 12.2 Å². The molecule has 0 N–H and O–H groups in total. The molecule has 1 aliphatic heterocycles. The molecule has 2 bridgehead atoms. The van der Waals surface area contributed by atoms with E-state index < -0.39 is 33.5 Å². The molecule has 0 radical (unpaired) electrons. The average Bonchev–Trinajstić information content (AvgIpc) is 2.62. The number of carbonyl (C=O) groups excluding carboxylic acids is 1. The standard InChI is InChI=1S/C11H13NO5S/c1-6(2)10(13)16-11-7-3-8(5-12)9(4-7)17-18(11,14)15/h7-9,11H,1,3-4H2,2H3. The lowest BCUT2D eigenvalue weighted by Gasteiger charge is -2.27. The van der Waals surface area contributed by atoms with Gasteiger partial charge in [-0.3, -0.25) is 4.18 Å². The maximum atomic E-state index is 11.8. The molecule has 0 amide bonds. The van der Waals surface area contributed by atoms with Crippen LogP contribution >= 0.6 is 0 Å². The number of fused-ring (bicyclic) bond motifs is 2. The molecule has 2 aliphatic rings. The van der Waals surface area contributed by atoms with E-state index in [9.17, 15) is 13.2 Å². The van der Waals surface area contributed by atoms with Gasteiger partial charge >= 0.3 is 16.1 Å². The van der Waals surface area contributed by atoms with Gasteiger partial charge in [-0.15, -0.1) is 0 Å². The van der Waals surface area contributed by atoms with Crippen LogP contribution in [-0.4, -0.2) is 25.9 Å². The van der Waals surface area contributed by atoms with Gasteiger partial charge in [0.1, 0.15) is 0 Å². The number of ether oxygens (including phenoxy) is 1. The van der Waals surface area contributed by atoms with Gasteiger partial charge in [-0.05, 0) is 19.8 Å². The van der Waals surface area contributed by atoms with E-state index in [4.69, 9.17) is 14.2 Å². The van der Waals surface area contributed by atoms with E-state index in [-0.39, 0.29) is 11.5 Å². The smallest absolute Gasteiger partial charge is 0.334 e. The van der Waals surface area contributed by atoms with Crippen LogP contribution in [0.1, 0.15) is 19.8 Å². The fourth-order valence-corrected chi connectivity index (χ4v) is 3.89. The molecule has 1 aliphatic carbocycles.